The predicted molar refractivity (Wildman–Crippen MR) is 84.9 cm³/mol. The van der Waals surface area contributed by atoms with E-state index < -0.39 is 0 Å². The van der Waals surface area contributed by atoms with E-state index in [0.29, 0.717) is 35.6 Å². The van der Waals surface area contributed by atoms with Gasteiger partial charge in [0, 0.05) is 5.56 Å². The zero-order chi connectivity index (χ0) is 16.7. The van der Waals surface area contributed by atoms with Gasteiger partial charge in [-0.25, -0.2) is 0 Å². The highest BCUT2D eigenvalue weighted by Gasteiger charge is 2.05. The molecule has 0 atom stereocenters. The molecule has 2 rings (SSSR count). The standard InChI is InChI=1S/C18H15N3O2/c1-13-2-3-15(12-20)10-17(13)23-9-8-21-18(22)16-6-4-14(11-19)5-7-16/h2-7,10H,8-9H2,1H3,(H,21,22). The average molecular weight is 305 g/mol. The highest BCUT2D eigenvalue weighted by molar-refractivity contribution is 5.94. The number of ether oxygens (including phenoxy) is 1. The van der Waals surface area contributed by atoms with Gasteiger partial charge in [0.2, 0.25) is 0 Å². The number of nitriles is 2. The number of amides is 1. The topological polar surface area (TPSA) is 85.9 Å². The summed E-state index contributed by atoms with van der Waals surface area (Å²) in [5.41, 5.74) is 2.47. The Hall–Kier alpha value is -3.31. The molecule has 0 aliphatic heterocycles. The summed E-state index contributed by atoms with van der Waals surface area (Å²) >= 11 is 0. The quantitative estimate of drug-likeness (QED) is 0.860. The summed E-state index contributed by atoms with van der Waals surface area (Å²) in [6.45, 7) is 2.54. The average Bonchev–Trinajstić information content (AvgIpc) is 2.60. The second-order valence-corrected chi connectivity index (χ2v) is 4.89. The SMILES string of the molecule is Cc1ccc(C#N)cc1OCCNC(=O)c1ccc(C#N)cc1. The lowest BCUT2D eigenvalue weighted by Gasteiger charge is -2.10. The monoisotopic (exact) mass is 305 g/mol. The van der Waals surface area contributed by atoms with Crippen molar-refractivity contribution < 1.29 is 9.53 Å². The fourth-order valence-electron chi connectivity index (χ4n) is 1.95. The molecule has 0 aliphatic rings. The Kier molecular flexibility index (Phi) is 5.33. The van der Waals surface area contributed by atoms with Gasteiger partial charge in [0.1, 0.15) is 12.4 Å². The van der Waals surface area contributed by atoms with Gasteiger partial charge >= 0.3 is 0 Å². The van der Waals surface area contributed by atoms with E-state index >= 15 is 0 Å². The highest BCUT2D eigenvalue weighted by Crippen LogP contribution is 2.18. The summed E-state index contributed by atoms with van der Waals surface area (Å²) < 4.78 is 5.59. The van der Waals surface area contributed by atoms with Crippen LogP contribution in [0.4, 0.5) is 0 Å². The van der Waals surface area contributed by atoms with Gasteiger partial charge in [-0.05, 0) is 48.9 Å². The molecule has 2 aromatic rings. The van der Waals surface area contributed by atoms with Crippen molar-refractivity contribution in [1.82, 2.24) is 5.32 Å². The van der Waals surface area contributed by atoms with Gasteiger partial charge in [-0.2, -0.15) is 10.5 Å². The van der Waals surface area contributed by atoms with Gasteiger partial charge in [0.25, 0.3) is 5.91 Å². The van der Waals surface area contributed by atoms with Crippen LogP contribution in [0.1, 0.15) is 27.0 Å². The van der Waals surface area contributed by atoms with E-state index in [1.807, 2.05) is 19.1 Å². The summed E-state index contributed by atoms with van der Waals surface area (Å²) in [5.74, 6) is 0.414. The third-order valence-corrected chi connectivity index (χ3v) is 3.24. The first-order valence-corrected chi connectivity index (χ1v) is 7.06. The number of benzene rings is 2. The highest BCUT2D eigenvalue weighted by atomic mass is 16.5. The fraction of sp³-hybridized carbons (Fsp3) is 0.167. The number of hydrogen-bond donors (Lipinski definition) is 1. The summed E-state index contributed by atoms with van der Waals surface area (Å²) in [6, 6.07) is 15.7. The zero-order valence-electron chi connectivity index (χ0n) is 12.7. The van der Waals surface area contributed by atoms with Crippen molar-refractivity contribution >= 4 is 5.91 Å². The second kappa shape index (κ2) is 7.63. The van der Waals surface area contributed by atoms with Crippen LogP contribution >= 0.6 is 0 Å². The number of aryl methyl sites for hydroxylation is 1. The molecule has 23 heavy (non-hydrogen) atoms. The Morgan fingerprint density at radius 2 is 1.74 bits per heavy atom. The first kappa shape index (κ1) is 16.1. The van der Waals surface area contributed by atoms with Crippen molar-refractivity contribution in [3.8, 4) is 17.9 Å². The Morgan fingerprint density at radius 3 is 2.39 bits per heavy atom. The maximum atomic E-state index is 11.9. The fourth-order valence-corrected chi connectivity index (χ4v) is 1.95. The maximum Gasteiger partial charge on any atom is 0.251 e. The first-order valence-electron chi connectivity index (χ1n) is 7.06. The van der Waals surface area contributed by atoms with Crippen molar-refractivity contribution in [2.24, 2.45) is 0 Å². The van der Waals surface area contributed by atoms with Crippen molar-refractivity contribution in [2.75, 3.05) is 13.2 Å². The van der Waals surface area contributed by atoms with Crippen molar-refractivity contribution in [3.63, 3.8) is 0 Å². The molecule has 0 spiro atoms. The molecule has 0 aromatic heterocycles. The zero-order valence-corrected chi connectivity index (χ0v) is 12.7. The van der Waals surface area contributed by atoms with Crippen LogP contribution in [0.2, 0.25) is 0 Å². The van der Waals surface area contributed by atoms with Crippen molar-refractivity contribution in [2.45, 2.75) is 6.92 Å². The molecule has 0 radical (unpaired) electrons. The molecule has 0 saturated heterocycles. The minimum atomic E-state index is -0.222. The molecule has 1 amide bonds. The normalized spacial score (nSPS) is 9.52. The minimum Gasteiger partial charge on any atom is -0.491 e. The number of nitrogens with one attached hydrogen (secondary N) is 1. The molecule has 5 heteroatoms. The molecule has 1 N–H and O–H groups in total. The van der Waals surface area contributed by atoms with Crippen LogP contribution in [0, 0.1) is 29.6 Å². The summed E-state index contributed by atoms with van der Waals surface area (Å²) in [4.78, 5) is 11.9. The van der Waals surface area contributed by atoms with Crippen LogP contribution < -0.4 is 10.1 Å². The maximum absolute atomic E-state index is 11.9. The summed E-state index contributed by atoms with van der Waals surface area (Å²) in [7, 11) is 0. The summed E-state index contributed by atoms with van der Waals surface area (Å²) in [6.07, 6.45) is 0. The molecule has 0 unspecified atom stereocenters. The molecule has 2 aromatic carbocycles. The first-order chi connectivity index (χ1) is 11.1. The Balaban J connectivity index is 1.84. The van der Waals surface area contributed by atoms with Gasteiger partial charge in [0.15, 0.2) is 0 Å². The van der Waals surface area contributed by atoms with E-state index in [2.05, 4.69) is 11.4 Å². The van der Waals surface area contributed by atoms with E-state index in [9.17, 15) is 4.79 Å². The molecule has 5 nitrogen and oxygen atoms in total. The lowest BCUT2D eigenvalue weighted by molar-refractivity contribution is 0.0947. The van der Waals surface area contributed by atoms with Gasteiger partial charge in [-0.15, -0.1) is 0 Å². The third kappa shape index (κ3) is 4.33. The Morgan fingerprint density at radius 1 is 1.09 bits per heavy atom. The molecular weight excluding hydrogens is 290 g/mol. The van der Waals surface area contributed by atoms with Crippen molar-refractivity contribution in [3.05, 3.63) is 64.7 Å². The lowest BCUT2D eigenvalue weighted by atomic mass is 10.1. The molecular formula is C18H15N3O2. The number of carbonyl (C=O) groups is 1. The predicted octanol–water partition coefficient (Wildman–Crippen LogP) is 2.55. The number of carbonyl (C=O) groups excluding carboxylic acids is 1. The van der Waals surface area contributed by atoms with Crippen LogP contribution in [-0.2, 0) is 0 Å². The molecule has 0 aliphatic carbocycles. The third-order valence-electron chi connectivity index (χ3n) is 3.24. The van der Waals surface area contributed by atoms with E-state index in [0.717, 1.165) is 5.56 Å². The van der Waals surface area contributed by atoms with Crippen LogP contribution in [0.25, 0.3) is 0 Å². The van der Waals surface area contributed by atoms with Gasteiger partial charge in [-0.3, -0.25) is 4.79 Å². The van der Waals surface area contributed by atoms with Crippen LogP contribution in [0.15, 0.2) is 42.5 Å². The molecule has 0 saturated carbocycles. The number of nitrogens with zero attached hydrogens (tertiary/aromatic N) is 2. The van der Waals surface area contributed by atoms with E-state index in [1.165, 1.54) is 0 Å². The largest absolute Gasteiger partial charge is 0.491 e. The lowest BCUT2D eigenvalue weighted by Crippen LogP contribution is -2.28. The molecule has 0 heterocycles. The van der Waals surface area contributed by atoms with Gasteiger partial charge in [-0.1, -0.05) is 6.07 Å². The minimum absolute atomic E-state index is 0.222. The number of hydrogen-bond acceptors (Lipinski definition) is 4. The molecule has 0 fully saturated rings. The molecule has 114 valence electrons. The van der Waals surface area contributed by atoms with Crippen LogP contribution in [0.3, 0.4) is 0 Å². The van der Waals surface area contributed by atoms with Crippen molar-refractivity contribution in [1.29, 1.82) is 10.5 Å². The summed E-state index contributed by atoms with van der Waals surface area (Å²) in [5, 5.41) is 20.3. The van der Waals surface area contributed by atoms with E-state index in [-0.39, 0.29) is 5.91 Å². The second-order valence-electron chi connectivity index (χ2n) is 4.89. The van der Waals surface area contributed by atoms with Crippen LogP contribution in [-0.4, -0.2) is 19.1 Å². The smallest absolute Gasteiger partial charge is 0.251 e. The molecule has 0 bridgehead atoms. The van der Waals surface area contributed by atoms with E-state index in [1.54, 1.807) is 36.4 Å². The Bertz CT molecular complexity index is 783. The van der Waals surface area contributed by atoms with Crippen LogP contribution in [0.5, 0.6) is 5.75 Å². The van der Waals surface area contributed by atoms with E-state index in [4.69, 9.17) is 15.3 Å². The van der Waals surface area contributed by atoms with Gasteiger partial charge in [0.05, 0.1) is 29.8 Å². The Labute approximate surface area is 134 Å². The van der Waals surface area contributed by atoms with Gasteiger partial charge < -0.3 is 10.1 Å². The number of rotatable bonds is 5.